The first kappa shape index (κ1) is 14.8. The van der Waals surface area contributed by atoms with Gasteiger partial charge in [0.25, 0.3) is 0 Å². The minimum Gasteiger partial charge on any atom is -0.381 e. The van der Waals surface area contributed by atoms with Crippen LogP contribution >= 0.6 is 0 Å². The van der Waals surface area contributed by atoms with Gasteiger partial charge >= 0.3 is 0 Å². The Bertz CT molecular complexity index is 861. The maximum atomic E-state index is 4.64. The highest BCUT2D eigenvalue weighted by Gasteiger charge is 2.22. The molecular weight excluding hydrogens is 306 g/mol. The third kappa shape index (κ3) is 2.64. The first-order valence-electron chi connectivity index (χ1n) is 9.36. The Hall–Kier alpha value is -2.55. The lowest BCUT2D eigenvalue weighted by Crippen LogP contribution is -2.32. The molecule has 1 saturated carbocycles. The van der Waals surface area contributed by atoms with Crippen molar-refractivity contribution in [3.63, 3.8) is 0 Å². The van der Waals surface area contributed by atoms with E-state index in [4.69, 9.17) is 0 Å². The van der Waals surface area contributed by atoms with Crippen molar-refractivity contribution >= 4 is 11.5 Å². The van der Waals surface area contributed by atoms with Crippen LogP contribution in [0.1, 0.15) is 42.7 Å². The van der Waals surface area contributed by atoms with E-state index in [0.717, 1.165) is 24.8 Å². The second-order valence-corrected chi connectivity index (χ2v) is 7.26. The van der Waals surface area contributed by atoms with Crippen LogP contribution in [0.4, 0.5) is 0 Å². The normalized spacial score (nSPS) is 22.3. The van der Waals surface area contributed by atoms with Crippen molar-refractivity contribution in [3.05, 3.63) is 76.5 Å². The Morgan fingerprint density at radius 3 is 2.84 bits per heavy atom. The average molecular weight is 329 g/mol. The fourth-order valence-electron chi connectivity index (χ4n) is 4.28. The monoisotopic (exact) mass is 329 g/mol. The lowest BCUT2D eigenvalue weighted by atomic mass is 9.90. The molecule has 0 bridgehead atoms. The van der Waals surface area contributed by atoms with E-state index in [2.05, 4.69) is 58.1 Å². The molecule has 1 aromatic rings. The average Bonchev–Trinajstić information content (AvgIpc) is 3.18. The molecule has 4 aliphatic rings. The van der Waals surface area contributed by atoms with Crippen molar-refractivity contribution in [2.45, 2.75) is 31.6 Å². The second-order valence-electron chi connectivity index (χ2n) is 7.26. The molecule has 3 heterocycles. The maximum Gasteiger partial charge on any atom is 0.134 e. The van der Waals surface area contributed by atoms with Crippen LogP contribution in [0.5, 0.6) is 0 Å². The largest absolute Gasteiger partial charge is 0.381 e. The zero-order valence-corrected chi connectivity index (χ0v) is 14.4. The van der Waals surface area contributed by atoms with Crippen LogP contribution < -0.4 is 10.6 Å². The fraction of sp³-hybridized carbons (Fsp3) is 0.318. The SMILES string of the molecule is C1=CC(C2=CC3=CNC3=NC2)=C(c2cccc(C3CCCC3)c2)NC1. The van der Waals surface area contributed by atoms with Crippen molar-refractivity contribution in [1.29, 1.82) is 0 Å². The number of rotatable bonds is 3. The lowest BCUT2D eigenvalue weighted by molar-refractivity contribution is 0.723. The molecule has 2 N–H and O–H groups in total. The predicted octanol–water partition coefficient (Wildman–Crippen LogP) is 4.04. The van der Waals surface area contributed by atoms with Crippen molar-refractivity contribution in [2.75, 3.05) is 13.1 Å². The molecule has 0 aromatic heterocycles. The summed E-state index contributed by atoms with van der Waals surface area (Å²) in [5.74, 6) is 1.78. The smallest absolute Gasteiger partial charge is 0.134 e. The second kappa shape index (κ2) is 6.07. The van der Waals surface area contributed by atoms with Gasteiger partial charge in [-0.3, -0.25) is 4.99 Å². The predicted molar refractivity (Wildman–Crippen MR) is 103 cm³/mol. The number of hydrogen-bond donors (Lipinski definition) is 2. The first-order valence-corrected chi connectivity index (χ1v) is 9.36. The Kier molecular flexibility index (Phi) is 3.58. The van der Waals surface area contributed by atoms with Gasteiger partial charge in [0, 0.05) is 29.6 Å². The highest BCUT2D eigenvalue weighted by atomic mass is 15.0. The van der Waals surface area contributed by atoms with Crippen LogP contribution in [0.3, 0.4) is 0 Å². The van der Waals surface area contributed by atoms with Gasteiger partial charge in [0.05, 0.1) is 6.54 Å². The van der Waals surface area contributed by atoms with Gasteiger partial charge in [-0.2, -0.15) is 0 Å². The van der Waals surface area contributed by atoms with Gasteiger partial charge in [0.2, 0.25) is 0 Å². The number of allylic oxidation sites excluding steroid dienone is 1. The first-order chi connectivity index (χ1) is 12.4. The van der Waals surface area contributed by atoms with Gasteiger partial charge in [-0.15, -0.1) is 0 Å². The quantitative estimate of drug-likeness (QED) is 0.878. The zero-order valence-electron chi connectivity index (χ0n) is 14.4. The molecule has 1 aromatic carbocycles. The molecular formula is C22H23N3. The van der Waals surface area contributed by atoms with Gasteiger partial charge in [-0.1, -0.05) is 43.2 Å². The van der Waals surface area contributed by atoms with E-state index in [1.807, 2.05) is 6.20 Å². The molecule has 1 fully saturated rings. The van der Waals surface area contributed by atoms with E-state index < -0.39 is 0 Å². The minimum atomic E-state index is 0.743. The van der Waals surface area contributed by atoms with Crippen molar-refractivity contribution in [3.8, 4) is 0 Å². The summed E-state index contributed by atoms with van der Waals surface area (Å²) in [5, 5.41) is 6.76. The summed E-state index contributed by atoms with van der Waals surface area (Å²) in [5.41, 5.74) is 7.85. The van der Waals surface area contributed by atoms with Crippen LogP contribution in [0.15, 0.2) is 70.4 Å². The van der Waals surface area contributed by atoms with Crippen LogP contribution in [0.25, 0.3) is 5.70 Å². The molecule has 126 valence electrons. The topological polar surface area (TPSA) is 36.4 Å². The maximum absolute atomic E-state index is 4.64. The Morgan fingerprint density at radius 2 is 2.04 bits per heavy atom. The van der Waals surface area contributed by atoms with Crippen LogP contribution in [-0.2, 0) is 0 Å². The van der Waals surface area contributed by atoms with Crippen LogP contribution in [0, 0.1) is 0 Å². The van der Waals surface area contributed by atoms with Crippen LogP contribution in [-0.4, -0.2) is 18.9 Å². The van der Waals surface area contributed by atoms with E-state index in [9.17, 15) is 0 Å². The van der Waals surface area contributed by atoms with Gasteiger partial charge in [0.1, 0.15) is 5.84 Å². The number of fused-ring (bicyclic) bond motifs is 1. The molecule has 0 saturated heterocycles. The van der Waals surface area contributed by atoms with Crippen molar-refractivity contribution < 1.29 is 0 Å². The summed E-state index contributed by atoms with van der Waals surface area (Å²) in [4.78, 5) is 4.64. The Morgan fingerprint density at radius 1 is 1.12 bits per heavy atom. The summed E-state index contributed by atoms with van der Waals surface area (Å²) in [6, 6.07) is 9.17. The molecule has 3 aliphatic heterocycles. The van der Waals surface area contributed by atoms with E-state index in [0.29, 0.717) is 0 Å². The summed E-state index contributed by atoms with van der Waals surface area (Å²) < 4.78 is 0. The van der Waals surface area contributed by atoms with E-state index in [1.54, 1.807) is 0 Å². The molecule has 0 spiro atoms. The number of hydrogen-bond acceptors (Lipinski definition) is 3. The van der Waals surface area contributed by atoms with Gasteiger partial charge < -0.3 is 10.6 Å². The third-order valence-electron chi connectivity index (χ3n) is 5.67. The molecule has 0 unspecified atom stereocenters. The van der Waals surface area contributed by atoms with Crippen molar-refractivity contribution in [1.82, 2.24) is 10.6 Å². The lowest BCUT2D eigenvalue weighted by Gasteiger charge is -2.26. The Labute approximate surface area is 148 Å². The van der Waals surface area contributed by atoms with Gasteiger partial charge in [-0.25, -0.2) is 0 Å². The number of aliphatic imine (C=N–C) groups is 1. The fourth-order valence-corrected chi connectivity index (χ4v) is 4.28. The summed E-state index contributed by atoms with van der Waals surface area (Å²) in [7, 11) is 0. The number of nitrogens with zero attached hydrogens (tertiary/aromatic N) is 1. The minimum absolute atomic E-state index is 0.743. The molecule has 0 amide bonds. The van der Waals surface area contributed by atoms with Gasteiger partial charge in [-0.05, 0) is 47.6 Å². The number of dihydropyridines is 2. The molecule has 1 aliphatic carbocycles. The van der Waals surface area contributed by atoms with Crippen LogP contribution in [0.2, 0.25) is 0 Å². The number of amidine groups is 1. The summed E-state index contributed by atoms with van der Waals surface area (Å²) >= 11 is 0. The van der Waals surface area contributed by atoms with E-state index >= 15 is 0 Å². The number of benzene rings is 1. The summed E-state index contributed by atoms with van der Waals surface area (Å²) in [6.45, 7) is 1.63. The Balaban J connectivity index is 1.54. The zero-order chi connectivity index (χ0) is 16.6. The van der Waals surface area contributed by atoms with Crippen molar-refractivity contribution in [2.24, 2.45) is 4.99 Å². The number of nitrogens with one attached hydrogen (secondary N) is 2. The molecule has 3 heteroatoms. The molecule has 25 heavy (non-hydrogen) atoms. The molecule has 3 nitrogen and oxygen atoms in total. The van der Waals surface area contributed by atoms with E-state index in [-0.39, 0.29) is 0 Å². The third-order valence-corrected chi connectivity index (χ3v) is 5.67. The molecule has 5 rings (SSSR count). The highest BCUT2D eigenvalue weighted by molar-refractivity contribution is 6.08. The summed E-state index contributed by atoms with van der Waals surface area (Å²) in [6.07, 6.45) is 14.2. The highest BCUT2D eigenvalue weighted by Crippen LogP contribution is 2.36. The molecule has 0 atom stereocenters. The molecule has 0 radical (unpaired) electrons. The standard InChI is InChI=1S/C22H23N3/c1-2-6-15(5-1)16-7-3-8-17(11-16)21-20(9-4-10-23-21)18-12-19-14-25-22(19)24-13-18/h3-4,7-9,11-12,14-15,23H,1-2,5-6,10,13H2,(H,24,25). The van der Waals surface area contributed by atoms with Gasteiger partial charge in [0.15, 0.2) is 0 Å². The van der Waals surface area contributed by atoms with E-state index in [1.165, 1.54) is 59.2 Å².